The van der Waals surface area contributed by atoms with Crippen LogP contribution in [0.3, 0.4) is 0 Å². The molecule has 0 atom stereocenters. The van der Waals surface area contributed by atoms with E-state index in [0.29, 0.717) is 15.6 Å². The molecule has 0 radical (unpaired) electrons. The van der Waals surface area contributed by atoms with Crippen LogP contribution in [0.1, 0.15) is 11.1 Å². The monoisotopic (exact) mass is 370 g/mol. The zero-order valence-electron chi connectivity index (χ0n) is 12.8. The van der Waals surface area contributed by atoms with Gasteiger partial charge in [-0.3, -0.25) is 0 Å². The first-order valence-corrected chi connectivity index (χ1v) is 9.11. The van der Waals surface area contributed by atoms with Crippen molar-refractivity contribution in [2.24, 2.45) is 0 Å². The van der Waals surface area contributed by atoms with Gasteiger partial charge in [0, 0.05) is 10.9 Å². The van der Waals surface area contributed by atoms with Crippen LogP contribution in [0.15, 0.2) is 53.6 Å². The molecule has 1 heterocycles. The van der Waals surface area contributed by atoms with Gasteiger partial charge in [-0.1, -0.05) is 47.5 Å². The molecule has 0 amide bonds. The van der Waals surface area contributed by atoms with Crippen LogP contribution >= 0.6 is 35.0 Å². The Labute approximate surface area is 154 Å². The normalized spacial score (nSPS) is 11.5. The van der Waals surface area contributed by atoms with Gasteiger partial charge in [0.05, 0.1) is 27.2 Å². The number of benzene rings is 2. The lowest BCUT2D eigenvalue weighted by molar-refractivity contribution is 1.18. The Hall–Kier alpha value is -1.99. The van der Waals surface area contributed by atoms with Gasteiger partial charge in [0.2, 0.25) is 0 Å². The van der Waals surface area contributed by atoms with Crippen LogP contribution in [0, 0.1) is 11.3 Å². The lowest BCUT2D eigenvalue weighted by Crippen LogP contribution is -1.89. The van der Waals surface area contributed by atoms with Crippen molar-refractivity contribution < 1.29 is 0 Å². The van der Waals surface area contributed by atoms with Crippen molar-refractivity contribution in [2.45, 2.75) is 5.03 Å². The van der Waals surface area contributed by atoms with Crippen molar-refractivity contribution in [3.8, 4) is 6.07 Å². The average Bonchev–Trinajstić information content (AvgIpc) is 2.61. The Bertz CT molecular complexity index is 990. The summed E-state index contributed by atoms with van der Waals surface area (Å²) in [5.41, 5.74) is 3.09. The molecular formula is C19H12Cl2N2S. The number of nitriles is 1. The molecule has 0 bridgehead atoms. The number of para-hydroxylation sites is 1. The number of thioether (sulfide) groups is 1. The van der Waals surface area contributed by atoms with E-state index in [1.807, 2.05) is 42.7 Å². The highest BCUT2D eigenvalue weighted by molar-refractivity contribution is 7.98. The minimum atomic E-state index is 0.428. The standard InChI is InChI=1S/C19H12Cl2N2S/c1-24-19-14(8-13-4-2-3-5-18(13)23-19)9-15(11-22)12-6-7-16(20)17(21)10-12/h2-10H,1H3/b15-9+. The number of aromatic nitrogens is 1. The average molecular weight is 371 g/mol. The number of hydrogen-bond acceptors (Lipinski definition) is 3. The maximum absolute atomic E-state index is 9.56. The highest BCUT2D eigenvalue weighted by atomic mass is 35.5. The van der Waals surface area contributed by atoms with Crippen LogP contribution in [-0.2, 0) is 0 Å². The molecule has 1 aromatic heterocycles. The second-order valence-corrected chi connectivity index (χ2v) is 6.69. The minimum Gasteiger partial charge on any atom is -0.241 e. The summed E-state index contributed by atoms with van der Waals surface area (Å²) in [7, 11) is 0. The Kier molecular flexibility index (Phi) is 5.11. The predicted molar refractivity (Wildman–Crippen MR) is 103 cm³/mol. The van der Waals surface area contributed by atoms with Gasteiger partial charge in [-0.25, -0.2) is 4.98 Å². The molecule has 24 heavy (non-hydrogen) atoms. The van der Waals surface area contributed by atoms with E-state index < -0.39 is 0 Å². The molecule has 2 aromatic carbocycles. The number of hydrogen-bond donors (Lipinski definition) is 0. The van der Waals surface area contributed by atoms with E-state index in [1.54, 1.807) is 30.0 Å². The van der Waals surface area contributed by atoms with Gasteiger partial charge in [-0.05, 0) is 42.2 Å². The molecular weight excluding hydrogens is 359 g/mol. The summed E-state index contributed by atoms with van der Waals surface area (Å²) in [5.74, 6) is 0. The molecule has 0 unspecified atom stereocenters. The molecule has 0 spiro atoms. The van der Waals surface area contributed by atoms with Crippen molar-refractivity contribution in [1.29, 1.82) is 5.26 Å². The third-order valence-electron chi connectivity index (χ3n) is 3.56. The summed E-state index contributed by atoms with van der Waals surface area (Å²) in [6.45, 7) is 0. The van der Waals surface area contributed by atoms with E-state index in [4.69, 9.17) is 23.2 Å². The maximum atomic E-state index is 9.56. The molecule has 3 aromatic rings. The van der Waals surface area contributed by atoms with Crippen molar-refractivity contribution in [3.05, 3.63) is 69.7 Å². The van der Waals surface area contributed by atoms with Crippen molar-refractivity contribution in [3.63, 3.8) is 0 Å². The van der Waals surface area contributed by atoms with Gasteiger partial charge >= 0.3 is 0 Å². The van der Waals surface area contributed by atoms with Crippen molar-refractivity contribution in [2.75, 3.05) is 6.26 Å². The summed E-state index contributed by atoms with van der Waals surface area (Å²) >= 11 is 13.6. The number of halogens is 2. The Balaban J connectivity index is 2.15. The van der Waals surface area contributed by atoms with Gasteiger partial charge in [0.15, 0.2) is 0 Å². The summed E-state index contributed by atoms with van der Waals surface area (Å²) in [6, 6.07) is 17.4. The summed E-state index contributed by atoms with van der Waals surface area (Å²) in [5, 5.41) is 12.4. The molecule has 0 saturated carbocycles. The van der Waals surface area contributed by atoms with E-state index in [2.05, 4.69) is 11.1 Å². The topological polar surface area (TPSA) is 36.7 Å². The van der Waals surface area contributed by atoms with Crippen LogP contribution in [0.4, 0.5) is 0 Å². The summed E-state index contributed by atoms with van der Waals surface area (Å²) in [4.78, 5) is 4.67. The first-order valence-electron chi connectivity index (χ1n) is 7.13. The Morgan fingerprint density at radius 1 is 1.12 bits per heavy atom. The number of nitrogens with zero attached hydrogens (tertiary/aromatic N) is 2. The zero-order chi connectivity index (χ0) is 17.1. The lowest BCUT2D eigenvalue weighted by atomic mass is 10.0. The molecule has 0 aliphatic heterocycles. The molecule has 3 rings (SSSR count). The SMILES string of the molecule is CSc1nc2ccccc2cc1/C=C(\C#N)c1ccc(Cl)c(Cl)c1. The third kappa shape index (κ3) is 3.42. The van der Waals surface area contributed by atoms with Crippen LogP contribution in [0.5, 0.6) is 0 Å². The van der Waals surface area contributed by atoms with Gasteiger partial charge in [0.25, 0.3) is 0 Å². The van der Waals surface area contributed by atoms with Crippen LogP contribution in [-0.4, -0.2) is 11.2 Å². The molecule has 118 valence electrons. The number of allylic oxidation sites excluding steroid dienone is 1. The smallest absolute Gasteiger partial charge is 0.104 e. The minimum absolute atomic E-state index is 0.428. The van der Waals surface area contributed by atoms with Crippen molar-refractivity contribution in [1.82, 2.24) is 4.98 Å². The van der Waals surface area contributed by atoms with Gasteiger partial charge in [0.1, 0.15) is 5.03 Å². The van der Waals surface area contributed by atoms with E-state index in [-0.39, 0.29) is 0 Å². The van der Waals surface area contributed by atoms with E-state index in [0.717, 1.165) is 27.1 Å². The third-order valence-corrected chi connectivity index (χ3v) is 5.01. The summed E-state index contributed by atoms with van der Waals surface area (Å²) < 4.78 is 0. The second-order valence-electron chi connectivity index (χ2n) is 5.08. The molecule has 0 aliphatic rings. The van der Waals surface area contributed by atoms with Crippen LogP contribution < -0.4 is 0 Å². The van der Waals surface area contributed by atoms with E-state index >= 15 is 0 Å². The fourth-order valence-corrected chi connectivity index (χ4v) is 3.22. The second kappa shape index (κ2) is 7.27. The lowest BCUT2D eigenvalue weighted by Gasteiger charge is -2.07. The summed E-state index contributed by atoms with van der Waals surface area (Å²) in [6.07, 6.45) is 3.81. The highest BCUT2D eigenvalue weighted by Crippen LogP contribution is 2.30. The molecule has 5 heteroatoms. The predicted octanol–water partition coefficient (Wildman–Crippen LogP) is 6.33. The number of rotatable bonds is 3. The zero-order valence-corrected chi connectivity index (χ0v) is 15.1. The molecule has 0 aliphatic carbocycles. The van der Waals surface area contributed by atoms with Gasteiger partial charge in [-0.15, -0.1) is 11.8 Å². The molecule has 0 fully saturated rings. The first kappa shape index (κ1) is 16.9. The highest BCUT2D eigenvalue weighted by Gasteiger charge is 2.09. The van der Waals surface area contributed by atoms with E-state index in [9.17, 15) is 5.26 Å². The number of fused-ring (bicyclic) bond motifs is 1. The molecule has 0 N–H and O–H groups in total. The van der Waals surface area contributed by atoms with Crippen LogP contribution in [0.2, 0.25) is 10.0 Å². The quantitative estimate of drug-likeness (QED) is 0.399. The van der Waals surface area contributed by atoms with Crippen molar-refractivity contribution >= 4 is 57.5 Å². The molecule has 0 saturated heterocycles. The molecule has 2 nitrogen and oxygen atoms in total. The van der Waals surface area contributed by atoms with Gasteiger partial charge < -0.3 is 0 Å². The first-order chi connectivity index (χ1) is 11.6. The number of pyridine rings is 1. The Morgan fingerprint density at radius 3 is 2.62 bits per heavy atom. The fraction of sp³-hybridized carbons (Fsp3) is 0.0526. The largest absolute Gasteiger partial charge is 0.241 e. The Morgan fingerprint density at radius 2 is 1.92 bits per heavy atom. The van der Waals surface area contributed by atoms with Gasteiger partial charge in [-0.2, -0.15) is 5.26 Å². The maximum Gasteiger partial charge on any atom is 0.104 e. The van der Waals surface area contributed by atoms with E-state index in [1.165, 1.54) is 0 Å². The fourth-order valence-electron chi connectivity index (χ4n) is 2.38. The van der Waals surface area contributed by atoms with Crippen LogP contribution in [0.25, 0.3) is 22.6 Å².